The fourth-order valence-corrected chi connectivity index (χ4v) is 3.63. The Hall–Kier alpha value is -2.48. The Balaban J connectivity index is 1.83. The molecule has 2 fully saturated rings. The zero-order valence-electron chi connectivity index (χ0n) is 13.0. The molecule has 1 aliphatic carbocycles. The Labute approximate surface area is 136 Å². The lowest BCUT2D eigenvalue weighted by molar-refractivity contribution is 0.622. The van der Waals surface area contributed by atoms with E-state index in [2.05, 4.69) is 10.1 Å². The number of rotatable bonds is 2. The second kappa shape index (κ2) is 4.76. The molecule has 1 saturated heterocycles. The van der Waals surface area contributed by atoms with Gasteiger partial charge in [-0.2, -0.15) is 5.10 Å². The van der Waals surface area contributed by atoms with Crippen LogP contribution in [0.15, 0.2) is 23.3 Å². The summed E-state index contributed by atoms with van der Waals surface area (Å²) in [5, 5.41) is 4.10. The normalized spacial score (nSPS) is 21.2. The minimum Gasteiger partial charge on any atom is -0.367 e. The maximum Gasteiger partial charge on any atom is 0.296 e. The van der Waals surface area contributed by atoms with Gasteiger partial charge in [-0.15, -0.1) is 0 Å². The molecule has 1 atom stereocenters. The smallest absolute Gasteiger partial charge is 0.296 e. The van der Waals surface area contributed by atoms with Crippen LogP contribution in [0.2, 0.25) is 0 Å². The van der Waals surface area contributed by atoms with Crippen molar-refractivity contribution in [3.63, 3.8) is 0 Å². The van der Waals surface area contributed by atoms with Gasteiger partial charge in [-0.25, -0.2) is 13.9 Å². The molecule has 3 heterocycles. The molecule has 7 nitrogen and oxygen atoms in total. The highest BCUT2D eigenvalue weighted by Gasteiger charge is 2.30. The Bertz CT molecular complexity index is 1020. The summed E-state index contributed by atoms with van der Waals surface area (Å²) < 4.78 is 17.9. The topological polar surface area (TPSA) is 81.5 Å². The third-order valence-corrected chi connectivity index (χ3v) is 4.97. The van der Waals surface area contributed by atoms with Gasteiger partial charge < -0.3 is 15.2 Å². The van der Waals surface area contributed by atoms with Crippen LogP contribution in [0.4, 0.5) is 10.1 Å². The van der Waals surface area contributed by atoms with E-state index in [-0.39, 0.29) is 29.1 Å². The van der Waals surface area contributed by atoms with Gasteiger partial charge in [0.1, 0.15) is 12.1 Å². The molecule has 1 saturated carbocycles. The predicted octanol–water partition coefficient (Wildman–Crippen LogP) is 1.06. The third-order valence-electron chi connectivity index (χ3n) is 4.97. The van der Waals surface area contributed by atoms with Crippen molar-refractivity contribution in [2.24, 2.45) is 5.73 Å². The molecule has 1 aromatic carbocycles. The molecule has 5 rings (SSSR count). The van der Waals surface area contributed by atoms with E-state index in [1.165, 1.54) is 16.9 Å². The minimum absolute atomic E-state index is 0.0588. The molecule has 2 aliphatic rings. The van der Waals surface area contributed by atoms with Crippen LogP contribution in [-0.4, -0.2) is 38.3 Å². The number of nitrogens with two attached hydrogens (primary N) is 1. The van der Waals surface area contributed by atoms with E-state index in [1.807, 2.05) is 4.90 Å². The average Bonchev–Trinajstić information content (AvgIpc) is 3.09. The largest absolute Gasteiger partial charge is 0.367 e. The zero-order valence-corrected chi connectivity index (χ0v) is 13.0. The zero-order chi connectivity index (χ0) is 16.4. The first-order chi connectivity index (χ1) is 11.6. The first-order valence-electron chi connectivity index (χ1n) is 8.21. The van der Waals surface area contributed by atoms with Crippen molar-refractivity contribution in [1.29, 1.82) is 0 Å². The first-order valence-corrected chi connectivity index (χ1v) is 8.21. The van der Waals surface area contributed by atoms with Gasteiger partial charge in [-0.05, 0) is 25.3 Å². The summed E-state index contributed by atoms with van der Waals surface area (Å²) in [6.07, 6.45) is 4.09. The molecule has 0 amide bonds. The van der Waals surface area contributed by atoms with Crippen molar-refractivity contribution in [3.05, 3.63) is 34.6 Å². The van der Waals surface area contributed by atoms with Crippen molar-refractivity contribution < 1.29 is 4.39 Å². The number of benzene rings is 1. The van der Waals surface area contributed by atoms with E-state index < -0.39 is 0 Å². The van der Waals surface area contributed by atoms with Crippen molar-refractivity contribution in [2.45, 2.75) is 31.3 Å². The van der Waals surface area contributed by atoms with Gasteiger partial charge in [-0.1, -0.05) is 0 Å². The summed E-state index contributed by atoms with van der Waals surface area (Å²) >= 11 is 0. The minimum atomic E-state index is -0.325. The average molecular weight is 328 g/mol. The Morgan fingerprint density at radius 3 is 2.75 bits per heavy atom. The van der Waals surface area contributed by atoms with Crippen LogP contribution in [-0.2, 0) is 0 Å². The Morgan fingerprint density at radius 2 is 2.04 bits per heavy atom. The molecular weight excluding hydrogens is 311 g/mol. The number of anilines is 1. The highest BCUT2D eigenvalue weighted by molar-refractivity contribution is 5.82. The second-order valence-corrected chi connectivity index (χ2v) is 6.69. The van der Waals surface area contributed by atoms with Gasteiger partial charge in [0.25, 0.3) is 5.56 Å². The fraction of sp³-hybridized carbons (Fsp3) is 0.438. The summed E-state index contributed by atoms with van der Waals surface area (Å²) in [4.78, 5) is 18.8. The van der Waals surface area contributed by atoms with Gasteiger partial charge in [0.2, 0.25) is 5.65 Å². The fourth-order valence-electron chi connectivity index (χ4n) is 3.63. The lowest BCUT2D eigenvalue weighted by Crippen LogP contribution is -2.27. The predicted molar refractivity (Wildman–Crippen MR) is 87.8 cm³/mol. The van der Waals surface area contributed by atoms with Crippen molar-refractivity contribution in [2.75, 3.05) is 18.0 Å². The standard InChI is InChI=1S/C16H17FN6O/c17-11-5-14-13(6-12(11)21-4-3-9(18)7-21)22(10-1-2-10)16(24)15-19-8-20-23(14)15/h5-6,8-10H,1-4,7,18H2/t9-/m0/s1. The van der Waals surface area contributed by atoms with Gasteiger partial charge in [0.05, 0.1) is 16.7 Å². The number of halogens is 1. The monoisotopic (exact) mass is 328 g/mol. The van der Waals surface area contributed by atoms with E-state index in [0.29, 0.717) is 23.3 Å². The molecule has 124 valence electrons. The third kappa shape index (κ3) is 1.89. The SMILES string of the molecule is N[C@H]1CCN(c2cc3c(cc2F)n2ncnc2c(=O)n3C2CC2)C1. The second-order valence-electron chi connectivity index (χ2n) is 6.69. The van der Waals surface area contributed by atoms with Crippen LogP contribution < -0.4 is 16.2 Å². The molecule has 0 bridgehead atoms. The molecule has 1 aliphatic heterocycles. The molecular formula is C16H17FN6O. The van der Waals surface area contributed by atoms with E-state index >= 15 is 0 Å². The van der Waals surface area contributed by atoms with E-state index in [9.17, 15) is 9.18 Å². The molecule has 0 unspecified atom stereocenters. The van der Waals surface area contributed by atoms with Crippen LogP contribution in [0, 0.1) is 5.82 Å². The molecule has 24 heavy (non-hydrogen) atoms. The van der Waals surface area contributed by atoms with Gasteiger partial charge >= 0.3 is 0 Å². The molecule has 2 aromatic heterocycles. The summed E-state index contributed by atoms with van der Waals surface area (Å²) in [5.74, 6) is -0.325. The van der Waals surface area contributed by atoms with E-state index in [1.54, 1.807) is 10.6 Å². The lowest BCUT2D eigenvalue weighted by Gasteiger charge is -2.20. The first kappa shape index (κ1) is 13.9. The Kier molecular flexibility index (Phi) is 2.76. The molecule has 0 spiro atoms. The van der Waals surface area contributed by atoms with Crippen LogP contribution in [0.3, 0.4) is 0 Å². The van der Waals surface area contributed by atoms with Gasteiger partial charge in [0, 0.05) is 31.2 Å². The number of hydrogen-bond donors (Lipinski definition) is 1. The van der Waals surface area contributed by atoms with Crippen LogP contribution >= 0.6 is 0 Å². The van der Waals surface area contributed by atoms with E-state index in [0.717, 1.165) is 25.8 Å². The number of nitrogens with zero attached hydrogens (tertiary/aromatic N) is 5. The summed E-state index contributed by atoms with van der Waals surface area (Å²) in [6, 6.07) is 3.45. The van der Waals surface area contributed by atoms with Gasteiger partial charge in [0.15, 0.2) is 0 Å². The van der Waals surface area contributed by atoms with Crippen molar-refractivity contribution in [3.8, 4) is 0 Å². The van der Waals surface area contributed by atoms with Gasteiger partial charge in [-0.3, -0.25) is 4.79 Å². The van der Waals surface area contributed by atoms with Crippen LogP contribution in [0.1, 0.15) is 25.3 Å². The number of hydrogen-bond acceptors (Lipinski definition) is 5. The molecule has 3 aromatic rings. The number of aromatic nitrogens is 4. The maximum absolute atomic E-state index is 14.8. The maximum atomic E-state index is 14.8. The number of fused-ring (bicyclic) bond motifs is 3. The summed E-state index contributed by atoms with van der Waals surface area (Å²) in [5.41, 5.74) is 7.81. The quantitative estimate of drug-likeness (QED) is 0.760. The van der Waals surface area contributed by atoms with Crippen molar-refractivity contribution >= 4 is 22.4 Å². The van der Waals surface area contributed by atoms with Crippen molar-refractivity contribution in [1.82, 2.24) is 19.2 Å². The van der Waals surface area contributed by atoms with E-state index in [4.69, 9.17) is 5.73 Å². The van der Waals surface area contributed by atoms with Crippen LogP contribution in [0.5, 0.6) is 0 Å². The molecule has 2 N–H and O–H groups in total. The summed E-state index contributed by atoms with van der Waals surface area (Å²) in [6.45, 7) is 1.35. The highest BCUT2D eigenvalue weighted by Crippen LogP contribution is 2.37. The Morgan fingerprint density at radius 1 is 1.21 bits per heavy atom. The van der Waals surface area contributed by atoms with Crippen LogP contribution in [0.25, 0.3) is 16.7 Å². The summed E-state index contributed by atoms with van der Waals surface area (Å²) in [7, 11) is 0. The highest BCUT2D eigenvalue weighted by atomic mass is 19.1. The lowest BCUT2D eigenvalue weighted by atomic mass is 10.2. The molecule has 0 radical (unpaired) electrons. The molecule has 8 heteroatoms.